The van der Waals surface area contributed by atoms with Crippen LogP contribution >= 0.6 is 0 Å². The third-order valence-corrected chi connectivity index (χ3v) is 6.24. The number of piperazine rings is 1. The largest absolute Gasteiger partial charge is 0.485 e. The highest BCUT2D eigenvalue weighted by atomic mass is 16.6. The number of amides is 3. The molecule has 0 aliphatic carbocycles. The van der Waals surface area contributed by atoms with Crippen LogP contribution in [-0.2, 0) is 4.79 Å². The van der Waals surface area contributed by atoms with Gasteiger partial charge < -0.3 is 25.0 Å². The minimum absolute atomic E-state index is 0.0118. The number of anilines is 2. The number of carbonyl (C=O) groups excluding carboxylic acids is 3. The van der Waals surface area contributed by atoms with E-state index in [0.717, 1.165) is 0 Å². The topological polar surface area (TPSA) is 225 Å². The molecule has 1 aromatic heterocycles. The van der Waals surface area contributed by atoms with E-state index < -0.39 is 17.9 Å². The van der Waals surface area contributed by atoms with E-state index in [4.69, 9.17) is 26.3 Å². The summed E-state index contributed by atoms with van der Waals surface area (Å²) in [6, 6.07) is 9.59. The fourth-order valence-electron chi connectivity index (χ4n) is 4.34. The Hall–Kier alpha value is -5.59. The van der Waals surface area contributed by atoms with Crippen LogP contribution in [0, 0.1) is 0 Å². The monoisotopic (exact) mass is 529 g/mol. The first kappa shape index (κ1) is 25.1. The lowest BCUT2D eigenvalue weighted by Gasteiger charge is -2.37. The van der Waals surface area contributed by atoms with Crippen molar-refractivity contribution in [2.45, 2.75) is 6.10 Å². The van der Waals surface area contributed by atoms with Crippen molar-refractivity contribution in [3.05, 3.63) is 68.4 Å². The predicted molar refractivity (Wildman–Crippen MR) is 136 cm³/mol. The molecule has 2 aromatic carbocycles. The van der Waals surface area contributed by atoms with Crippen molar-refractivity contribution in [3.8, 4) is 11.5 Å². The summed E-state index contributed by atoms with van der Waals surface area (Å²) in [7, 11) is 0. The molecule has 2 aliphatic rings. The second-order valence-electron chi connectivity index (χ2n) is 8.49. The summed E-state index contributed by atoms with van der Waals surface area (Å²) in [5.74, 6) is -0.942. The summed E-state index contributed by atoms with van der Waals surface area (Å²) < 4.78 is 11.5. The average Bonchev–Trinajstić information content (AvgIpc) is 2.96. The number of benzene rings is 2. The van der Waals surface area contributed by atoms with E-state index in [9.17, 15) is 14.4 Å². The summed E-state index contributed by atoms with van der Waals surface area (Å²) in [6.45, 7) is 1.61. The molecule has 0 radical (unpaired) electrons. The lowest BCUT2D eigenvalue weighted by Crippen LogP contribution is -2.54. The van der Waals surface area contributed by atoms with Gasteiger partial charge in [0, 0.05) is 52.5 Å². The number of ether oxygens (including phenoxy) is 2. The Balaban J connectivity index is 1.36. The molecular weight excluding hydrogens is 510 g/mol. The lowest BCUT2D eigenvalue weighted by molar-refractivity contribution is -0.141. The number of carbonyl (C=O) groups is 3. The van der Waals surface area contributed by atoms with Crippen molar-refractivity contribution in [2.75, 3.05) is 43.4 Å². The fourth-order valence-corrected chi connectivity index (χ4v) is 4.34. The Labute approximate surface area is 219 Å². The van der Waals surface area contributed by atoms with Crippen molar-refractivity contribution >= 4 is 40.4 Å². The molecule has 2 aliphatic heterocycles. The highest BCUT2D eigenvalue weighted by molar-refractivity contribution is 6.11. The summed E-state index contributed by atoms with van der Waals surface area (Å²) in [6.07, 6.45) is -0.756. The molecule has 1 fully saturated rings. The number of nitrogens with zero attached hydrogens (tertiary/aromatic N) is 10. The smallest absolute Gasteiger partial charge is 0.267 e. The molecule has 0 saturated carbocycles. The number of nitrogens with two attached hydrogens (primary N) is 1. The van der Waals surface area contributed by atoms with Crippen molar-refractivity contribution in [1.82, 2.24) is 14.9 Å². The molecule has 5 rings (SSSR count). The standard InChI is InChI=1S/C23H19N11O5/c24-19-14-9-12(20(35)29-31-25)13(21(36)30-32-26)10-15(14)27-23(28-19)34-7-5-33(6-8-34)22(37)18-11-38-16-3-1-2-4-17(16)39-18/h1-4,9-10,18H,5-8,11H2,(H2,24,27,28). The fraction of sp³-hybridized carbons (Fsp3) is 0.261. The van der Waals surface area contributed by atoms with Crippen LogP contribution in [0.15, 0.2) is 46.6 Å². The third kappa shape index (κ3) is 4.87. The Morgan fingerprint density at radius 1 is 0.949 bits per heavy atom. The first-order valence-corrected chi connectivity index (χ1v) is 11.6. The number of hydrogen-bond donors (Lipinski definition) is 1. The molecule has 0 spiro atoms. The van der Waals surface area contributed by atoms with Gasteiger partial charge in [0.2, 0.25) is 23.9 Å². The van der Waals surface area contributed by atoms with Crippen LogP contribution in [0.1, 0.15) is 20.7 Å². The summed E-state index contributed by atoms with van der Waals surface area (Å²) in [5, 5.41) is 6.27. The minimum atomic E-state index is -1.06. The van der Waals surface area contributed by atoms with Crippen LogP contribution in [0.25, 0.3) is 31.8 Å². The molecule has 3 aromatic rings. The number of rotatable bonds is 4. The number of fused-ring (bicyclic) bond motifs is 2. The lowest BCUT2D eigenvalue weighted by atomic mass is 10.0. The van der Waals surface area contributed by atoms with Gasteiger partial charge in [0.15, 0.2) is 11.5 Å². The zero-order valence-electron chi connectivity index (χ0n) is 20.2. The van der Waals surface area contributed by atoms with Gasteiger partial charge in [0.25, 0.3) is 5.91 Å². The minimum Gasteiger partial charge on any atom is -0.485 e. The number of aromatic nitrogens is 2. The number of azide groups is 2. The van der Waals surface area contributed by atoms with Crippen molar-refractivity contribution in [2.24, 2.45) is 10.2 Å². The van der Waals surface area contributed by atoms with Crippen molar-refractivity contribution in [1.29, 1.82) is 0 Å². The Bertz CT molecular complexity index is 1610. The second kappa shape index (κ2) is 10.4. The van der Waals surface area contributed by atoms with E-state index in [1.807, 2.05) is 11.0 Å². The molecule has 1 atom stereocenters. The third-order valence-electron chi connectivity index (χ3n) is 6.24. The maximum Gasteiger partial charge on any atom is 0.267 e. The summed E-state index contributed by atoms with van der Waals surface area (Å²) in [4.78, 5) is 54.9. The molecule has 39 heavy (non-hydrogen) atoms. The molecule has 16 heteroatoms. The SMILES string of the molecule is [N-]=[N+]=NC(=O)c1cc2nc(N3CCN(C(=O)C4COc5ccccc5O4)CC3)nc(N)c2cc1C(=O)N=[N+]=[N-]. The number of nitrogen functional groups attached to an aromatic ring is 1. The second-order valence-corrected chi connectivity index (χ2v) is 8.49. The highest BCUT2D eigenvalue weighted by Crippen LogP contribution is 2.32. The first-order valence-electron chi connectivity index (χ1n) is 11.6. The maximum atomic E-state index is 13.1. The van der Waals surface area contributed by atoms with Crippen LogP contribution in [0.4, 0.5) is 11.8 Å². The van der Waals surface area contributed by atoms with Gasteiger partial charge in [-0.2, -0.15) is 4.98 Å². The van der Waals surface area contributed by atoms with E-state index in [1.54, 1.807) is 23.1 Å². The van der Waals surface area contributed by atoms with Gasteiger partial charge in [-0.1, -0.05) is 12.1 Å². The van der Waals surface area contributed by atoms with Gasteiger partial charge in [-0.25, -0.2) is 4.98 Å². The number of hydrogen-bond acceptors (Lipinski definition) is 9. The van der Waals surface area contributed by atoms with E-state index in [1.165, 1.54) is 12.1 Å². The predicted octanol–water partition coefficient (Wildman–Crippen LogP) is 2.60. The maximum absolute atomic E-state index is 13.1. The summed E-state index contributed by atoms with van der Waals surface area (Å²) >= 11 is 0. The molecule has 1 saturated heterocycles. The average molecular weight is 529 g/mol. The van der Waals surface area contributed by atoms with Gasteiger partial charge in [-0.05, 0) is 45.6 Å². The van der Waals surface area contributed by atoms with Gasteiger partial charge in [0.1, 0.15) is 12.4 Å². The van der Waals surface area contributed by atoms with E-state index in [-0.39, 0.29) is 46.3 Å². The Kier molecular flexibility index (Phi) is 6.70. The first-order chi connectivity index (χ1) is 18.9. The molecule has 16 nitrogen and oxygen atoms in total. The molecule has 0 bridgehead atoms. The van der Waals surface area contributed by atoms with Gasteiger partial charge in [-0.15, -0.1) is 0 Å². The van der Waals surface area contributed by atoms with E-state index in [2.05, 4.69) is 30.0 Å². The van der Waals surface area contributed by atoms with Crippen molar-refractivity contribution < 1.29 is 23.9 Å². The van der Waals surface area contributed by atoms with Crippen LogP contribution in [0.5, 0.6) is 11.5 Å². The Morgan fingerprint density at radius 2 is 1.59 bits per heavy atom. The molecule has 196 valence electrons. The Morgan fingerprint density at radius 3 is 2.26 bits per heavy atom. The normalized spacial score (nSPS) is 16.2. The molecule has 2 N–H and O–H groups in total. The number of para-hydroxylation sites is 2. The zero-order chi connectivity index (χ0) is 27.5. The highest BCUT2D eigenvalue weighted by Gasteiger charge is 2.33. The van der Waals surface area contributed by atoms with Gasteiger partial charge in [0.05, 0.1) is 5.52 Å². The quantitative estimate of drug-likeness (QED) is 0.297. The van der Waals surface area contributed by atoms with Gasteiger partial charge in [-0.3, -0.25) is 14.4 Å². The molecular formula is C23H19N11O5. The van der Waals surface area contributed by atoms with Crippen LogP contribution in [-0.4, -0.2) is 71.5 Å². The molecule has 3 heterocycles. The van der Waals surface area contributed by atoms with Crippen LogP contribution in [0.2, 0.25) is 0 Å². The summed E-state index contributed by atoms with van der Waals surface area (Å²) in [5.41, 5.74) is 23.0. The van der Waals surface area contributed by atoms with E-state index in [0.29, 0.717) is 37.7 Å². The van der Waals surface area contributed by atoms with E-state index >= 15 is 0 Å². The molecule has 1 unspecified atom stereocenters. The van der Waals surface area contributed by atoms with Gasteiger partial charge >= 0.3 is 0 Å². The molecule has 3 amide bonds. The van der Waals surface area contributed by atoms with Crippen LogP contribution < -0.4 is 20.1 Å². The van der Waals surface area contributed by atoms with Crippen molar-refractivity contribution in [3.63, 3.8) is 0 Å². The zero-order valence-corrected chi connectivity index (χ0v) is 20.2. The van der Waals surface area contributed by atoms with Crippen LogP contribution in [0.3, 0.4) is 0 Å².